The molecule has 11 heavy (non-hydrogen) atoms. The third kappa shape index (κ3) is 0.618. The number of nitrogens with two attached hydrogens (primary N) is 1. The summed E-state index contributed by atoms with van der Waals surface area (Å²) in [6.07, 6.45) is 8.60. The molecule has 0 aromatic heterocycles. The second-order valence-electron chi connectivity index (χ2n) is 4.88. The summed E-state index contributed by atoms with van der Waals surface area (Å²) in [5, 5.41) is 0. The van der Waals surface area contributed by atoms with Crippen molar-refractivity contribution < 1.29 is 0 Å². The van der Waals surface area contributed by atoms with E-state index in [9.17, 15) is 0 Å². The summed E-state index contributed by atoms with van der Waals surface area (Å²) in [4.78, 5) is 0. The van der Waals surface area contributed by atoms with E-state index in [2.05, 4.69) is 0 Å². The lowest BCUT2D eigenvalue weighted by Gasteiger charge is -2.35. The molecule has 0 unspecified atom stereocenters. The minimum Gasteiger partial charge on any atom is -0.325 e. The second-order valence-corrected chi connectivity index (χ2v) is 4.88. The molecule has 1 heteroatoms. The third-order valence-corrected chi connectivity index (χ3v) is 4.62. The van der Waals surface area contributed by atoms with Crippen molar-refractivity contribution in [1.29, 1.82) is 0 Å². The van der Waals surface area contributed by atoms with Crippen molar-refractivity contribution in [2.24, 2.45) is 23.5 Å². The van der Waals surface area contributed by atoms with Crippen LogP contribution >= 0.6 is 0 Å². The molecule has 1 nitrogen and oxygen atoms in total. The zero-order chi connectivity index (χ0) is 7.47. The maximum absolute atomic E-state index is 6.45. The summed E-state index contributed by atoms with van der Waals surface area (Å²) >= 11 is 0. The molecule has 0 spiro atoms. The fourth-order valence-corrected chi connectivity index (χ4v) is 4.13. The first-order valence-electron chi connectivity index (χ1n) is 5.09. The smallest absolute Gasteiger partial charge is 0.0214 e. The average molecular weight is 151 g/mol. The first-order chi connectivity index (χ1) is 5.31. The highest BCUT2D eigenvalue weighted by Gasteiger charge is 2.57. The van der Waals surface area contributed by atoms with Crippen LogP contribution in [-0.2, 0) is 0 Å². The predicted molar refractivity (Wildman–Crippen MR) is 45.1 cm³/mol. The molecule has 2 bridgehead atoms. The average Bonchev–Trinajstić information content (AvgIpc) is 2.54. The van der Waals surface area contributed by atoms with Crippen molar-refractivity contribution in [3.8, 4) is 0 Å². The molecule has 0 aromatic carbocycles. The highest BCUT2D eigenvalue weighted by atomic mass is 14.9. The van der Waals surface area contributed by atoms with E-state index in [1.165, 1.54) is 38.5 Å². The molecule has 0 heterocycles. The van der Waals surface area contributed by atoms with Gasteiger partial charge < -0.3 is 5.73 Å². The molecule has 4 atom stereocenters. The van der Waals surface area contributed by atoms with E-state index in [0.29, 0.717) is 5.54 Å². The predicted octanol–water partition coefficient (Wildman–Crippen LogP) is 1.91. The van der Waals surface area contributed by atoms with Gasteiger partial charge in [0.15, 0.2) is 0 Å². The fourth-order valence-electron chi connectivity index (χ4n) is 4.13. The molecule has 3 rings (SSSR count). The van der Waals surface area contributed by atoms with Gasteiger partial charge in [0.2, 0.25) is 0 Å². The number of hydrogen-bond donors (Lipinski definition) is 1. The van der Waals surface area contributed by atoms with Crippen molar-refractivity contribution in [3.05, 3.63) is 0 Å². The maximum atomic E-state index is 6.45. The first kappa shape index (κ1) is 6.47. The van der Waals surface area contributed by atoms with E-state index >= 15 is 0 Å². The van der Waals surface area contributed by atoms with Gasteiger partial charge in [0.1, 0.15) is 0 Å². The molecule has 0 amide bonds. The molecule has 0 aliphatic heterocycles. The molecule has 3 aliphatic carbocycles. The van der Waals surface area contributed by atoms with E-state index in [0.717, 1.165) is 17.8 Å². The Morgan fingerprint density at radius 2 is 2.09 bits per heavy atom. The summed E-state index contributed by atoms with van der Waals surface area (Å²) in [6.45, 7) is 0. The molecule has 3 saturated carbocycles. The van der Waals surface area contributed by atoms with Crippen LogP contribution in [-0.4, -0.2) is 5.54 Å². The summed E-state index contributed by atoms with van der Waals surface area (Å²) < 4.78 is 0. The Labute approximate surface area is 68.3 Å². The Morgan fingerprint density at radius 1 is 1.18 bits per heavy atom. The van der Waals surface area contributed by atoms with Crippen LogP contribution in [0.25, 0.3) is 0 Å². The van der Waals surface area contributed by atoms with E-state index in [-0.39, 0.29) is 0 Å². The van der Waals surface area contributed by atoms with Gasteiger partial charge in [-0.2, -0.15) is 0 Å². The van der Waals surface area contributed by atoms with Gasteiger partial charge >= 0.3 is 0 Å². The Hall–Kier alpha value is -0.0400. The van der Waals surface area contributed by atoms with Crippen molar-refractivity contribution >= 4 is 0 Å². The number of fused-ring (bicyclic) bond motifs is 5. The Kier molecular flexibility index (Phi) is 1.07. The van der Waals surface area contributed by atoms with Gasteiger partial charge in [-0.15, -0.1) is 0 Å². The molecular formula is C10H17N. The van der Waals surface area contributed by atoms with Gasteiger partial charge in [-0.25, -0.2) is 0 Å². The standard InChI is InChI=1S/C10H17N/c11-10-5-1-2-9(10)7-3-4-8(10)6-7/h7-9H,1-6,11H2/t7-,8+,9-,10-/m1/s1. The van der Waals surface area contributed by atoms with Crippen LogP contribution in [0.3, 0.4) is 0 Å². The van der Waals surface area contributed by atoms with E-state index in [4.69, 9.17) is 5.73 Å². The largest absolute Gasteiger partial charge is 0.325 e. The van der Waals surface area contributed by atoms with Crippen LogP contribution in [0.4, 0.5) is 0 Å². The molecule has 0 saturated heterocycles. The van der Waals surface area contributed by atoms with Gasteiger partial charge in [-0.1, -0.05) is 6.42 Å². The lowest BCUT2D eigenvalue weighted by Crippen LogP contribution is -2.47. The van der Waals surface area contributed by atoms with Gasteiger partial charge in [0.25, 0.3) is 0 Å². The number of rotatable bonds is 0. The zero-order valence-electron chi connectivity index (χ0n) is 7.05. The summed E-state index contributed by atoms with van der Waals surface area (Å²) in [7, 11) is 0. The molecule has 3 aliphatic rings. The topological polar surface area (TPSA) is 26.0 Å². The van der Waals surface area contributed by atoms with Crippen molar-refractivity contribution in [2.75, 3.05) is 0 Å². The second kappa shape index (κ2) is 1.82. The molecule has 3 fully saturated rings. The van der Waals surface area contributed by atoms with Gasteiger partial charge in [0.05, 0.1) is 0 Å². The van der Waals surface area contributed by atoms with Crippen LogP contribution in [0, 0.1) is 17.8 Å². The minimum atomic E-state index is 0.322. The zero-order valence-corrected chi connectivity index (χ0v) is 7.05. The Bertz CT molecular complexity index is 189. The number of hydrogen-bond acceptors (Lipinski definition) is 1. The lowest BCUT2D eigenvalue weighted by molar-refractivity contribution is 0.210. The Balaban J connectivity index is 2.00. The molecule has 2 N–H and O–H groups in total. The summed E-state index contributed by atoms with van der Waals surface area (Å²) in [5.41, 5.74) is 6.77. The van der Waals surface area contributed by atoms with Crippen LogP contribution in [0.1, 0.15) is 38.5 Å². The van der Waals surface area contributed by atoms with Gasteiger partial charge in [-0.3, -0.25) is 0 Å². The Morgan fingerprint density at radius 3 is 2.91 bits per heavy atom. The summed E-state index contributed by atoms with van der Waals surface area (Å²) in [6, 6.07) is 0. The van der Waals surface area contributed by atoms with E-state index < -0.39 is 0 Å². The molecule has 0 radical (unpaired) electrons. The highest BCUT2D eigenvalue weighted by Crippen LogP contribution is 2.59. The monoisotopic (exact) mass is 151 g/mol. The molecule has 0 aromatic rings. The van der Waals surface area contributed by atoms with Crippen molar-refractivity contribution in [2.45, 2.75) is 44.1 Å². The van der Waals surface area contributed by atoms with Crippen molar-refractivity contribution in [3.63, 3.8) is 0 Å². The van der Waals surface area contributed by atoms with Crippen LogP contribution in [0.5, 0.6) is 0 Å². The fraction of sp³-hybridized carbons (Fsp3) is 1.00. The quantitative estimate of drug-likeness (QED) is 0.562. The maximum Gasteiger partial charge on any atom is 0.0214 e. The lowest BCUT2D eigenvalue weighted by atomic mass is 9.76. The first-order valence-corrected chi connectivity index (χ1v) is 5.09. The SMILES string of the molecule is N[C@@]12CCC[C@@H]1[C@@H]1CC[C@H]2C1. The van der Waals surface area contributed by atoms with Crippen LogP contribution in [0.2, 0.25) is 0 Å². The summed E-state index contributed by atoms with van der Waals surface area (Å²) in [5.74, 6) is 2.88. The third-order valence-electron chi connectivity index (χ3n) is 4.62. The van der Waals surface area contributed by atoms with Crippen LogP contribution in [0.15, 0.2) is 0 Å². The van der Waals surface area contributed by atoms with E-state index in [1.54, 1.807) is 0 Å². The molecular weight excluding hydrogens is 134 g/mol. The van der Waals surface area contributed by atoms with Gasteiger partial charge in [0, 0.05) is 5.54 Å². The van der Waals surface area contributed by atoms with Crippen LogP contribution < -0.4 is 5.73 Å². The molecule has 62 valence electrons. The van der Waals surface area contributed by atoms with Gasteiger partial charge in [-0.05, 0) is 49.9 Å². The normalized spacial score (nSPS) is 60.3. The minimum absolute atomic E-state index is 0.322. The van der Waals surface area contributed by atoms with Crippen molar-refractivity contribution in [1.82, 2.24) is 0 Å². The van der Waals surface area contributed by atoms with E-state index in [1.807, 2.05) is 0 Å². The highest BCUT2D eigenvalue weighted by molar-refractivity contribution is 5.12.